The van der Waals surface area contributed by atoms with Gasteiger partial charge < -0.3 is 4.90 Å². The summed E-state index contributed by atoms with van der Waals surface area (Å²) in [5, 5.41) is 0.417. The van der Waals surface area contributed by atoms with Gasteiger partial charge in [-0.1, -0.05) is 0 Å². The molecule has 0 saturated carbocycles. The van der Waals surface area contributed by atoms with Gasteiger partial charge in [0.1, 0.15) is 0 Å². The van der Waals surface area contributed by atoms with Crippen LogP contribution in [0, 0.1) is 0 Å². The average molecular weight is 131 g/mol. The molecule has 3 heteroatoms. The largest absolute Gasteiger partial charge is 0.344 e. The molecule has 2 nitrogen and oxygen atoms in total. The van der Waals surface area contributed by atoms with Crippen molar-refractivity contribution in [1.29, 1.82) is 0 Å². The van der Waals surface area contributed by atoms with Crippen LogP contribution in [-0.4, -0.2) is 29.6 Å². The number of hydrogen-bond donors (Lipinski definition) is 1. The molecule has 1 fully saturated rings. The maximum absolute atomic E-state index is 10.0. The highest BCUT2D eigenvalue weighted by Gasteiger charge is 2.16. The van der Waals surface area contributed by atoms with Gasteiger partial charge in [-0.05, 0) is 6.42 Å². The predicted molar refractivity (Wildman–Crippen MR) is 35.0 cm³/mol. The molecule has 0 bridgehead atoms. The second-order valence-corrected chi connectivity index (χ2v) is 2.77. The molecule has 8 heavy (non-hydrogen) atoms. The first kappa shape index (κ1) is 5.95. The van der Waals surface area contributed by atoms with Crippen molar-refractivity contribution in [2.75, 3.05) is 13.1 Å². The quantitative estimate of drug-likeness (QED) is 0.396. The summed E-state index contributed by atoms with van der Waals surface area (Å²) in [6.07, 6.45) is 1.93. The Balaban J connectivity index is 2.32. The zero-order chi connectivity index (χ0) is 5.98. The predicted octanol–water partition coefficient (Wildman–Crippen LogP) is 0.147. The summed E-state index contributed by atoms with van der Waals surface area (Å²) in [7, 11) is 0. The van der Waals surface area contributed by atoms with Gasteiger partial charge in [0.05, 0.1) is 0 Å². The molecule has 0 N–H and O–H groups in total. The fraction of sp³-hybridized carbons (Fsp3) is 0.800. The van der Waals surface area contributed by atoms with E-state index >= 15 is 0 Å². The lowest BCUT2D eigenvalue weighted by atomic mass is 10.4. The van der Waals surface area contributed by atoms with Crippen LogP contribution in [-0.2, 0) is 4.79 Å². The third-order valence-electron chi connectivity index (χ3n) is 1.34. The van der Waals surface area contributed by atoms with Crippen molar-refractivity contribution in [2.45, 2.75) is 11.7 Å². The van der Waals surface area contributed by atoms with E-state index in [1.807, 2.05) is 0 Å². The molecule has 0 spiro atoms. The molecular formula is C5H9NOS. The van der Waals surface area contributed by atoms with Crippen molar-refractivity contribution in [3.63, 3.8) is 0 Å². The van der Waals surface area contributed by atoms with Crippen molar-refractivity contribution < 1.29 is 4.79 Å². The minimum absolute atomic E-state index is 0.417. The highest BCUT2D eigenvalue weighted by atomic mass is 32.1. The Kier molecular flexibility index (Phi) is 1.78. The normalized spacial score (nSPS) is 28.6. The SMILES string of the molecule is O=CN1CCC(S)C1. The van der Waals surface area contributed by atoms with Gasteiger partial charge in [-0.25, -0.2) is 0 Å². The first-order valence-corrected chi connectivity index (χ1v) is 3.22. The van der Waals surface area contributed by atoms with Gasteiger partial charge >= 0.3 is 0 Å². The third-order valence-corrected chi connectivity index (χ3v) is 1.77. The first-order chi connectivity index (χ1) is 3.83. The van der Waals surface area contributed by atoms with E-state index in [1.165, 1.54) is 0 Å². The number of thiol groups is 1. The zero-order valence-electron chi connectivity index (χ0n) is 4.58. The van der Waals surface area contributed by atoms with Crippen LogP contribution in [0.4, 0.5) is 0 Å². The third kappa shape index (κ3) is 1.15. The highest BCUT2D eigenvalue weighted by Crippen LogP contribution is 2.11. The summed E-state index contributed by atoms with van der Waals surface area (Å²) >= 11 is 4.21. The lowest BCUT2D eigenvalue weighted by molar-refractivity contribution is -0.117. The number of carbonyl (C=O) groups is 1. The van der Waals surface area contributed by atoms with Gasteiger partial charge in [-0.3, -0.25) is 4.79 Å². The minimum atomic E-state index is 0.417. The lowest BCUT2D eigenvalue weighted by Crippen LogP contribution is -2.17. The van der Waals surface area contributed by atoms with E-state index < -0.39 is 0 Å². The van der Waals surface area contributed by atoms with Crippen LogP contribution in [0.2, 0.25) is 0 Å². The molecule has 1 aliphatic heterocycles. The van der Waals surface area contributed by atoms with E-state index in [4.69, 9.17) is 0 Å². The van der Waals surface area contributed by atoms with Gasteiger partial charge in [0.15, 0.2) is 0 Å². The highest BCUT2D eigenvalue weighted by molar-refractivity contribution is 7.81. The molecule has 1 aliphatic rings. The van der Waals surface area contributed by atoms with E-state index in [0.29, 0.717) is 5.25 Å². The van der Waals surface area contributed by atoms with Gasteiger partial charge in [0.25, 0.3) is 0 Å². The molecule has 1 atom stereocenters. The molecule has 0 aliphatic carbocycles. The first-order valence-electron chi connectivity index (χ1n) is 2.70. The molecule has 1 rings (SSSR count). The van der Waals surface area contributed by atoms with Gasteiger partial charge in [-0.2, -0.15) is 12.6 Å². The van der Waals surface area contributed by atoms with Gasteiger partial charge in [0.2, 0.25) is 6.41 Å². The summed E-state index contributed by atoms with van der Waals surface area (Å²) in [4.78, 5) is 11.8. The molecular weight excluding hydrogens is 122 g/mol. The standard InChI is InChI=1S/C5H9NOS/c7-4-6-2-1-5(8)3-6/h4-5,8H,1-3H2. The van der Waals surface area contributed by atoms with Gasteiger partial charge in [0, 0.05) is 18.3 Å². The maximum Gasteiger partial charge on any atom is 0.209 e. The van der Waals surface area contributed by atoms with E-state index in [1.54, 1.807) is 4.90 Å². The van der Waals surface area contributed by atoms with Crippen LogP contribution in [0.5, 0.6) is 0 Å². The molecule has 1 heterocycles. The monoisotopic (exact) mass is 131 g/mol. The van der Waals surface area contributed by atoms with Crippen molar-refractivity contribution in [3.05, 3.63) is 0 Å². The number of rotatable bonds is 1. The molecule has 1 amide bonds. The molecule has 0 aromatic heterocycles. The summed E-state index contributed by atoms with van der Waals surface area (Å²) in [6.45, 7) is 1.71. The summed E-state index contributed by atoms with van der Waals surface area (Å²) < 4.78 is 0. The van der Waals surface area contributed by atoms with E-state index in [-0.39, 0.29) is 0 Å². The Bertz CT molecular complexity index is 96.4. The number of hydrogen-bond acceptors (Lipinski definition) is 2. The summed E-state index contributed by atoms with van der Waals surface area (Å²) in [6, 6.07) is 0. The fourth-order valence-corrected chi connectivity index (χ4v) is 1.19. The fourth-order valence-electron chi connectivity index (χ4n) is 0.864. The lowest BCUT2D eigenvalue weighted by Gasteiger charge is -2.04. The van der Waals surface area contributed by atoms with E-state index in [0.717, 1.165) is 25.9 Å². The van der Waals surface area contributed by atoms with E-state index in [2.05, 4.69) is 12.6 Å². The van der Waals surface area contributed by atoms with Crippen molar-refractivity contribution in [2.24, 2.45) is 0 Å². The zero-order valence-corrected chi connectivity index (χ0v) is 5.47. The molecule has 0 aromatic carbocycles. The van der Waals surface area contributed by atoms with Crippen molar-refractivity contribution >= 4 is 19.0 Å². The second kappa shape index (κ2) is 2.40. The van der Waals surface area contributed by atoms with Crippen LogP contribution in [0.1, 0.15) is 6.42 Å². The summed E-state index contributed by atoms with van der Waals surface area (Å²) in [5.41, 5.74) is 0. The summed E-state index contributed by atoms with van der Waals surface area (Å²) in [5.74, 6) is 0. The topological polar surface area (TPSA) is 20.3 Å². The average Bonchev–Trinajstić information content (AvgIpc) is 2.14. The molecule has 1 unspecified atom stereocenters. The number of carbonyl (C=O) groups excluding carboxylic acids is 1. The maximum atomic E-state index is 10.0. The van der Waals surface area contributed by atoms with Crippen LogP contribution >= 0.6 is 12.6 Å². The van der Waals surface area contributed by atoms with Gasteiger partial charge in [-0.15, -0.1) is 0 Å². The minimum Gasteiger partial charge on any atom is -0.344 e. The molecule has 1 saturated heterocycles. The molecule has 0 radical (unpaired) electrons. The number of likely N-dealkylation sites (tertiary alicyclic amines) is 1. The Labute approximate surface area is 54.3 Å². The molecule has 0 aromatic rings. The van der Waals surface area contributed by atoms with E-state index in [9.17, 15) is 4.79 Å². The van der Waals surface area contributed by atoms with Crippen molar-refractivity contribution in [3.8, 4) is 0 Å². The Morgan fingerprint density at radius 3 is 2.75 bits per heavy atom. The van der Waals surface area contributed by atoms with Crippen molar-refractivity contribution in [1.82, 2.24) is 4.90 Å². The number of amides is 1. The molecule has 46 valence electrons. The Morgan fingerprint density at radius 2 is 2.50 bits per heavy atom. The van der Waals surface area contributed by atoms with Crippen LogP contribution in [0.25, 0.3) is 0 Å². The van der Waals surface area contributed by atoms with Crippen LogP contribution in [0.3, 0.4) is 0 Å². The van der Waals surface area contributed by atoms with Crippen LogP contribution in [0.15, 0.2) is 0 Å². The smallest absolute Gasteiger partial charge is 0.209 e. The number of nitrogens with zero attached hydrogens (tertiary/aromatic N) is 1. The second-order valence-electron chi connectivity index (χ2n) is 2.04. The Morgan fingerprint density at radius 1 is 1.75 bits per heavy atom. The van der Waals surface area contributed by atoms with Crippen LogP contribution < -0.4 is 0 Å². The Hall–Kier alpha value is -0.180.